The van der Waals surface area contributed by atoms with Crippen molar-refractivity contribution in [2.24, 2.45) is 0 Å². The van der Waals surface area contributed by atoms with Crippen molar-refractivity contribution in [2.45, 2.75) is 26.8 Å². The minimum absolute atomic E-state index is 0.261. The van der Waals surface area contributed by atoms with E-state index in [1.54, 1.807) is 18.2 Å². The Bertz CT molecular complexity index is 759. The number of nitrogens with one attached hydrogen (secondary N) is 2. The van der Waals surface area contributed by atoms with Crippen molar-refractivity contribution < 1.29 is 13.9 Å². The number of carbonyl (C=O) groups excluding carboxylic acids is 1. The topological polar surface area (TPSA) is 50.4 Å². The summed E-state index contributed by atoms with van der Waals surface area (Å²) in [5, 5.41) is 6.95. The zero-order valence-corrected chi connectivity index (χ0v) is 15.4. The van der Waals surface area contributed by atoms with Gasteiger partial charge in [-0.25, -0.2) is 9.18 Å². The minimum Gasteiger partial charge on any atom is -0.465 e. The van der Waals surface area contributed by atoms with E-state index in [2.05, 4.69) is 10.6 Å². The van der Waals surface area contributed by atoms with Crippen LogP contribution in [0.3, 0.4) is 0 Å². The third-order valence-corrected chi connectivity index (χ3v) is 4.89. The van der Waals surface area contributed by atoms with Gasteiger partial charge < -0.3 is 15.4 Å². The minimum atomic E-state index is -0.393. The van der Waals surface area contributed by atoms with Crippen LogP contribution in [0.15, 0.2) is 24.3 Å². The number of thiocarbonyl (C=S) groups is 1. The highest BCUT2D eigenvalue weighted by atomic mass is 32.1. The standard InChI is InChI=1S/C17H19FN2O2S2/c1-4-12-10(2)24-15(14(12)16(21)22-3)20-17(23)19-9-11-7-5-6-8-13(11)18/h5-8H,4,9H2,1-3H3,(H2,19,20,23). The number of carbonyl (C=O) groups is 1. The number of ether oxygens (including phenoxy) is 1. The number of aryl methyl sites for hydroxylation is 1. The van der Waals surface area contributed by atoms with Gasteiger partial charge in [-0.15, -0.1) is 11.3 Å². The average molecular weight is 366 g/mol. The Hall–Kier alpha value is -1.99. The molecule has 2 aromatic rings. The summed E-state index contributed by atoms with van der Waals surface area (Å²) in [6.07, 6.45) is 0.726. The van der Waals surface area contributed by atoms with Gasteiger partial charge in [0, 0.05) is 17.0 Å². The number of halogens is 1. The van der Waals surface area contributed by atoms with Crippen molar-refractivity contribution in [1.29, 1.82) is 0 Å². The maximum atomic E-state index is 13.6. The second-order valence-electron chi connectivity index (χ2n) is 5.09. The Kier molecular flexibility index (Phi) is 6.28. The highest BCUT2D eigenvalue weighted by Gasteiger charge is 2.22. The number of anilines is 1. The molecule has 0 saturated heterocycles. The molecular formula is C17H19FN2O2S2. The summed E-state index contributed by atoms with van der Waals surface area (Å²) in [4.78, 5) is 13.1. The summed E-state index contributed by atoms with van der Waals surface area (Å²) in [7, 11) is 1.35. The van der Waals surface area contributed by atoms with Crippen molar-refractivity contribution in [3.8, 4) is 0 Å². The van der Waals surface area contributed by atoms with Crippen LogP contribution in [0.5, 0.6) is 0 Å². The van der Waals surface area contributed by atoms with Crippen LogP contribution >= 0.6 is 23.6 Å². The van der Waals surface area contributed by atoms with Gasteiger partial charge in [0.25, 0.3) is 0 Å². The number of methoxy groups -OCH3 is 1. The second kappa shape index (κ2) is 8.21. The fraction of sp³-hybridized carbons (Fsp3) is 0.294. The van der Waals surface area contributed by atoms with Gasteiger partial charge in [-0.2, -0.15) is 0 Å². The third-order valence-electron chi connectivity index (χ3n) is 3.58. The zero-order valence-electron chi connectivity index (χ0n) is 13.7. The first kappa shape index (κ1) is 18.4. The van der Waals surface area contributed by atoms with Crippen LogP contribution in [0.25, 0.3) is 0 Å². The molecule has 0 fully saturated rings. The predicted molar refractivity (Wildman–Crippen MR) is 99.2 cm³/mol. The molecule has 0 spiro atoms. The van der Waals surface area contributed by atoms with Crippen LogP contribution in [0.1, 0.15) is 33.3 Å². The van der Waals surface area contributed by atoms with Gasteiger partial charge in [0.05, 0.1) is 12.7 Å². The first-order valence-electron chi connectivity index (χ1n) is 7.46. The van der Waals surface area contributed by atoms with Crippen molar-refractivity contribution in [1.82, 2.24) is 5.32 Å². The molecule has 1 aromatic carbocycles. The molecule has 1 heterocycles. The molecule has 0 aliphatic heterocycles. The molecule has 0 aliphatic rings. The van der Waals surface area contributed by atoms with Crippen LogP contribution in [0, 0.1) is 12.7 Å². The fourth-order valence-electron chi connectivity index (χ4n) is 2.38. The lowest BCUT2D eigenvalue weighted by molar-refractivity contribution is 0.0601. The van der Waals surface area contributed by atoms with E-state index in [-0.39, 0.29) is 12.4 Å². The second-order valence-corrected chi connectivity index (χ2v) is 6.72. The van der Waals surface area contributed by atoms with Gasteiger partial charge in [0.15, 0.2) is 5.11 Å². The summed E-state index contributed by atoms with van der Waals surface area (Å²) in [6, 6.07) is 6.50. The lowest BCUT2D eigenvalue weighted by Gasteiger charge is -2.11. The van der Waals surface area contributed by atoms with Crippen LogP contribution in [0.2, 0.25) is 0 Å². The van der Waals surface area contributed by atoms with Crippen LogP contribution < -0.4 is 10.6 Å². The number of thiophene rings is 1. The molecule has 4 nitrogen and oxygen atoms in total. The maximum absolute atomic E-state index is 13.6. The summed E-state index contributed by atoms with van der Waals surface area (Å²) >= 11 is 6.71. The number of benzene rings is 1. The van der Waals surface area contributed by atoms with E-state index in [9.17, 15) is 9.18 Å². The summed E-state index contributed by atoms with van der Waals surface area (Å²) in [5.74, 6) is -0.682. The van der Waals surface area contributed by atoms with E-state index >= 15 is 0 Å². The zero-order chi connectivity index (χ0) is 17.7. The molecule has 0 bridgehead atoms. The van der Waals surface area contributed by atoms with Gasteiger partial charge >= 0.3 is 5.97 Å². The van der Waals surface area contributed by atoms with Gasteiger partial charge in [0.2, 0.25) is 0 Å². The lowest BCUT2D eigenvalue weighted by Crippen LogP contribution is -2.28. The lowest BCUT2D eigenvalue weighted by atomic mass is 10.1. The normalized spacial score (nSPS) is 10.3. The molecule has 0 saturated carbocycles. The molecule has 0 radical (unpaired) electrons. The highest BCUT2D eigenvalue weighted by molar-refractivity contribution is 7.80. The fourth-order valence-corrected chi connectivity index (χ4v) is 3.75. The van der Waals surface area contributed by atoms with Crippen molar-refractivity contribution in [3.05, 3.63) is 51.7 Å². The highest BCUT2D eigenvalue weighted by Crippen LogP contribution is 2.33. The summed E-state index contributed by atoms with van der Waals surface area (Å²) in [5.41, 5.74) is 1.98. The SMILES string of the molecule is CCc1c(C)sc(NC(=S)NCc2ccccc2F)c1C(=O)OC. The van der Waals surface area contributed by atoms with Crippen LogP contribution in [0.4, 0.5) is 9.39 Å². The summed E-state index contributed by atoms with van der Waals surface area (Å²) < 4.78 is 18.5. The smallest absolute Gasteiger partial charge is 0.341 e. The first-order chi connectivity index (χ1) is 11.5. The Morgan fingerprint density at radius 1 is 1.38 bits per heavy atom. The number of esters is 1. The van der Waals surface area contributed by atoms with Gasteiger partial charge in [-0.1, -0.05) is 25.1 Å². The molecule has 2 rings (SSSR count). The van der Waals surface area contributed by atoms with E-state index in [0.29, 0.717) is 21.2 Å². The quantitative estimate of drug-likeness (QED) is 0.618. The predicted octanol–water partition coefficient (Wildman–Crippen LogP) is 4.03. The van der Waals surface area contributed by atoms with Crippen molar-refractivity contribution >= 4 is 39.6 Å². The Morgan fingerprint density at radius 3 is 2.71 bits per heavy atom. The van der Waals surface area contributed by atoms with Crippen molar-refractivity contribution in [2.75, 3.05) is 12.4 Å². The van der Waals surface area contributed by atoms with Crippen LogP contribution in [-0.2, 0) is 17.7 Å². The largest absolute Gasteiger partial charge is 0.465 e. The van der Waals surface area contributed by atoms with E-state index in [1.165, 1.54) is 24.5 Å². The molecule has 7 heteroatoms. The van der Waals surface area contributed by atoms with E-state index in [1.807, 2.05) is 13.8 Å². The third kappa shape index (κ3) is 4.10. The Balaban J connectivity index is 2.11. The number of hydrogen-bond acceptors (Lipinski definition) is 4. The molecule has 0 atom stereocenters. The number of hydrogen-bond donors (Lipinski definition) is 2. The molecule has 2 N–H and O–H groups in total. The molecular weight excluding hydrogens is 347 g/mol. The van der Waals surface area contributed by atoms with Crippen molar-refractivity contribution in [3.63, 3.8) is 0 Å². The van der Waals surface area contributed by atoms with E-state index in [0.717, 1.165) is 16.9 Å². The van der Waals surface area contributed by atoms with E-state index < -0.39 is 5.97 Å². The number of rotatable bonds is 5. The molecule has 128 valence electrons. The summed E-state index contributed by atoms with van der Waals surface area (Å²) in [6.45, 7) is 4.20. The van der Waals surface area contributed by atoms with Gasteiger partial charge in [-0.3, -0.25) is 0 Å². The Morgan fingerprint density at radius 2 is 2.08 bits per heavy atom. The van der Waals surface area contributed by atoms with Gasteiger partial charge in [0.1, 0.15) is 10.8 Å². The molecule has 1 aromatic heterocycles. The van der Waals surface area contributed by atoms with E-state index in [4.69, 9.17) is 17.0 Å². The Labute approximate surface area is 150 Å². The monoisotopic (exact) mass is 366 g/mol. The van der Waals surface area contributed by atoms with Crippen LogP contribution in [-0.4, -0.2) is 18.2 Å². The maximum Gasteiger partial charge on any atom is 0.341 e. The van der Waals surface area contributed by atoms with Gasteiger partial charge in [-0.05, 0) is 37.2 Å². The molecule has 0 aliphatic carbocycles. The average Bonchev–Trinajstić information content (AvgIpc) is 2.88. The molecule has 0 unspecified atom stereocenters. The molecule has 0 amide bonds. The molecule has 24 heavy (non-hydrogen) atoms. The first-order valence-corrected chi connectivity index (χ1v) is 8.69.